The molecule has 10 heteroatoms. The van der Waals surface area contributed by atoms with Crippen molar-refractivity contribution < 1.29 is 48.4 Å². The second-order valence-electron chi connectivity index (χ2n) is 3.72. The summed E-state index contributed by atoms with van der Waals surface area (Å²) >= 11 is 0. The lowest BCUT2D eigenvalue weighted by Gasteiger charge is -2.30. The highest BCUT2D eigenvalue weighted by atomic mass is 19.1. The van der Waals surface area contributed by atoms with Crippen molar-refractivity contribution >= 4 is 23.9 Å². The molecule has 0 aromatic rings. The van der Waals surface area contributed by atoms with Crippen LogP contribution in [-0.2, 0) is 19.2 Å². The molecular weight excluding hydrogens is 286 g/mol. The number of carbonyl (C=O) groups is 4. The zero-order valence-corrected chi connectivity index (χ0v) is 9.33. The van der Waals surface area contributed by atoms with Gasteiger partial charge in [-0.3, -0.25) is 4.79 Å². The quantitative estimate of drug-likeness (QED) is 0.557. The Bertz CT molecular complexity index is 590. The van der Waals surface area contributed by atoms with Gasteiger partial charge >= 0.3 is 23.9 Å². The molecule has 0 aromatic heterocycles. The average molecular weight is 292 g/mol. The summed E-state index contributed by atoms with van der Waals surface area (Å²) in [5.74, 6) is -14.2. The molecule has 0 saturated carbocycles. The van der Waals surface area contributed by atoms with Crippen molar-refractivity contribution in [1.82, 2.24) is 0 Å². The molecule has 0 aliphatic heterocycles. The Labute approximate surface area is 108 Å². The highest BCUT2D eigenvalue weighted by molar-refractivity contribution is 6.07. The van der Waals surface area contributed by atoms with Crippen molar-refractivity contribution in [2.24, 2.45) is 5.92 Å². The van der Waals surface area contributed by atoms with Crippen molar-refractivity contribution in [1.29, 1.82) is 0 Å². The van der Waals surface area contributed by atoms with Gasteiger partial charge in [-0.2, -0.15) is 0 Å². The normalized spacial score (nSPS) is 25.9. The van der Waals surface area contributed by atoms with E-state index >= 15 is 0 Å². The van der Waals surface area contributed by atoms with Crippen LogP contribution in [0.4, 0.5) is 8.78 Å². The first-order valence-corrected chi connectivity index (χ1v) is 4.78. The second kappa shape index (κ2) is 4.72. The van der Waals surface area contributed by atoms with Crippen LogP contribution in [0.1, 0.15) is 0 Å². The van der Waals surface area contributed by atoms with Gasteiger partial charge < -0.3 is 20.4 Å². The number of rotatable bonds is 4. The third-order valence-electron chi connectivity index (χ3n) is 2.63. The number of carboxylic acids is 4. The molecule has 2 unspecified atom stereocenters. The Morgan fingerprint density at radius 1 is 1.05 bits per heavy atom. The van der Waals surface area contributed by atoms with Gasteiger partial charge in [-0.25, -0.2) is 23.2 Å². The molecular formula is C10H6F2O8. The summed E-state index contributed by atoms with van der Waals surface area (Å²) in [7, 11) is 0. The minimum atomic E-state index is -4.11. The Hall–Kier alpha value is -2.78. The average Bonchev–Trinajstić information content (AvgIpc) is 2.29. The Morgan fingerprint density at radius 2 is 1.55 bits per heavy atom. The highest BCUT2D eigenvalue weighted by Crippen LogP contribution is 2.42. The minimum Gasteiger partial charge on any atom is -0.481 e. The minimum absolute atomic E-state index is 0.153. The molecule has 1 aliphatic rings. The van der Waals surface area contributed by atoms with E-state index in [2.05, 4.69) is 0 Å². The van der Waals surface area contributed by atoms with E-state index in [1.165, 1.54) is 0 Å². The number of aliphatic carboxylic acids is 4. The van der Waals surface area contributed by atoms with Gasteiger partial charge in [0, 0.05) is 0 Å². The standard InChI is InChI=1S/C10H6F2O8/c11-3-1-2(6(13)14)10(12,9(19)20)5(8(17)18)4(3)7(15)16/h1,5H,(H,13,14)(H,15,16)(H,17,18)(H,19,20). The number of hydrogen-bond acceptors (Lipinski definition) is 4. The molecule has 0 radical (unpaired) electrons. The van der Waals surface area contributed by atoms with Crippen LogP contribution in [0, 0.1) is 5.92 Å². The number of carboxylic acid groups (broad SMARTS) is 4. The molecule has 0 aromatic carbocycles. The Kier molecular flexibility index (Phi) is 3.60. The molecule has 1 rings (SSSR count). The van der Waals surface area contributed by atoms with E-state index < -0.39 is 52.4 Å². The lowest BCUT2D eigenvalue weighted by molar-refractivity contribution is -0.163. The molecule has 0 spiro atoms. The van der Waals surface area contributed by atoms with E-state index in [0.717, 1.165) is 0 Å². The largest absolute Gasteiger partial charge is 0.481 e. The lowest BCUT2D eigenvalue weighted by atomic mass is 9.74. The summed E-state index contributed by atoms with van der Waals surface area (Å²) in [5, 5.41) is 34.8. The van der Waals surface area contributed by atoms with Gasteiger partial charge in [0.15, 0.2) is 0 Å². The van der Waals surface area contributed by atoms with Crippen LogP contribution >= 0.6 is 0 Å². The third kappa shape index (κ3) is 2.00. The smallest absolute Gasteiger partial charge is 0.347 e. The van der Waals surface area contributed by atoms with Crippen LogP contribution in [-0.4, -0.2) is 50.0 Å². The van der Waals surface area contributed by atoms with Crippen molar-refractivity contribution in [2.45, 2.75) is 5.67 Å². The topological polar surface area (TPSA) is 149 Å². The molecule has 0 bridgehead atoms. The van der Waals surface area contributed by atoms with E-state index in [0.29, 0.717) is 0 Å². The van der Waals surface area contributed by atoms with Crippen molar-refractivity contribution in [3.05, 3.63) is 23.0 Å². The van der Waals surface area contributed by atoms with Crippen molar-refractivity contribution in [3.63, 3.8) is 0 Å². The first-order chi connectivity index (χ1) is 9.05. The van der Waals surface area contributed by atoms with Gasteiger partial charge in [0.1, 0.15) is 11.7 Å². The highest BCUT2D eigenvalue weighted by Gasteiger charge is 2.61. The van der Waals surface area contributed by atoms with E-state index in [1.807, 2.05) is 0 Å². The molecule has 0 saturated heterocycles. The van der Waals surface area contributed by atoms with Crippen molar-refractivity contribution in [3.8, 4) is 0 Å². The van der Waals surface area contributed by atoms with Gasteiger partial charge in [0.25, 0.3) is 5.67 Å². The maximum absolute atomic E-state index is 14.4. The molecule has 108 valence electrons. The van der Waals surface area contributed by atoms with E-state index in [9.17, 15) is 28.0 Å². The fourth-order valence-corrected chi connectivity index (χ4v) is 1.78. The third-order valence-corrected chi connectivity index (χ3v) is 2.63. The number of halogens is 2. The van der Waals surface area contributed by atoms with E-state index in [1.54, 1.807) is 0 Å². The van der Waals surface area contributed by atoms with Crippen LogP contribution in [0.15, 0.2) is 23.0 Å². The maximum atomic E-state index is 14.4. The Balaban J connectivity index is 3.77. The van der Waals surface area contributed by atoms with E-state index in [-0.39, 0.29) is 6.08 Å². The summed E-state index contributed by atoms with van der Waals surface area (Å²) in [6, 6.07) is 0. The predicted molar refractivity (Wildman–Crippen MR) is 54.1 cm³/mol. The first-order valence-electron chi connectivity index (χ1n) is 4.78. The van der Waals surface area contributed by atoms with Gasteiger partial charge in [0.05, 0.1) is 11.1 Å². The van der Waals surface area contributed by atoms with Crippen LogP contribution in [0.25, 0.3) is 0 Å². The van der Waals surface area contributed by atoms with Gasteiger partial charge in [-0.15, -0.1) is 0 Å². The summed E-state index contributed by atoms with van der Waals surface area (Å²) in [5.41, 5.74) is -7.49. The predicted octanol–water partition coefficient (Wildman–Crippen LogP) is -0.187. The summed E-state index contributed by atoms with van der Waals surface area (Å²) < 4.78 is 27.9. The molecule has 20 heavy (non-hydrogen) atoms. The summed E-state index contributed by atoms with van der Waals surface area (Å²) in [4.78, 5) is 43.3. The first kappa shape index (κ1) is 15.3. The number of allylic oxidation sites excluding steroid dienone is 2. The van der Waals surface area contributed by atoms with Gasteiger partial charge in [0.2, 0.25) is 0 Å². The number of hydrogen-bond donors (Lipinski definition) is 4. The molecule has 0 fully saturated rings. The molecule has 0 heterocycles. The summed E-state index contributed by atoms with van der Waals surface area (Å²) in [6.45, 7) is 0. The van der Waals surface area contributed by atoms with Crippen LogP contribution in [0.3, 0.4) is 0 Å². The molecule has 8 nitrogen and oxygen atoms in total. The zero-order chi connectivity index (χ0) is 15.8. The second-order valence-corrected chi connectivity index (χ2v) is 3.72. The maximum Gasteiger partial charge on any atom is 0.347 e. The van der Waals surface area contributed by atoms with E-state index in [4.69, 9.17) is 20.4 Å². The van der Waals surface area contributed by atoms with Crippen molar-refractivity contribution in [2.75, 3.05) is 0 Å². The molecule has 0 amide bonds. The SMILES string of the molecule is O=C(O)C1=CC(F)=C(C(=O)O)C(C(=O)O)C1(F)C(=O)O. The zero-order valence-electron chi connectivity index (χ0n) is 9.33. The lowest BCUT2D eigenvalue weighted by Crippen LogP contribution is -2.52. The monoisotopic (exact) mass is 292 g/mol. The fourth-order valence-electron chi connectivity index (χ4n) is 1.78. The molecule has 4 N–H and O–H groups in total. The van der Waals surface area contributed by atoms with Gasteiger partial charge in [-0.05, 0) is 6.08 Å². The van der Waals surface area contributed by atoms with Gasteiger partial charge in [-0.1, -0.05) is 0 Å². The van der Waals surface area contributed by atoms with Crippen LogP contribution in [0.5, 0.6) is 0 Å². The van der Waals surface area contributed by atoms with Crippen LogP contribution in [0.2, 0.25) is 0 Å². The fraction of sp³-hybridized carbons (Fsp3) is 0.200. The van der Waals surface area contributed by atoms with Crippen LogP contribution < -0.4 is 0 Å². The molecule has 2 atom stereocenters. The number of alkyl halides is 1. The Morgan fingerprint density at radius 3 is 1.85 bits per heavy atom. The summed E-state index contributed by atoms with van der Waals surface area (Å²) in [6.07, 6.45) is -0.153. The molecule has 1 aliphatic carbocycles.